The quantitative estimate of drug-likeness (QED) is 0.700. The van der Waals surface area contributed by atoms with E-state index in [2.05, 4.69) is 10.3 Å². The summed E-state index contributed by atoms with van der Waals surface area (Å²) in [4.78, 5) is 12.5. The van der Waals surface area contributed by atoms with Gasteiger partial charge >= 0.3 is 0 Å². The minimum atomic E-state index is -0.448. The maximum Gasteiger partial charge on any atom is 0.204 e. The van der Waals surface area contributed by atoms with Crippen LogP contribution in [0.2, 0.25) is 0 Å². The highest BCUT2D eigenvalue weighted by Crippen LogP contribution is 2.24. The average molecular weight is 313 g/mol. The second-order valence-electron chi connectivity index (χ2n) is 4.68. The Balaban J connectivity index is 1.77. The number of ketones is 1. The van der Waals surface area contributed by atoms with E-state index in [1.165, 1.54) is 11.8 Å². The summed E-state index contributed by atoms with van der Waals surface area (Å²) in [5.74, 6) is 0.631. The number of hydrogen-bond acceptors (Lipinski definition) is 5. The number of benzene rings is 2. The number of hydrogen-bond donors (Lipinski definition) is 0. The Morgan fingerprint density at radius 1 is 1.18 bits per heavy atom. The van der Waals surface area contributed by atoms with Gasteiger partial charge in [-0.1, -0.05) is 35.5 Å². The summed E-state index contributed by atoms with van der Waals surface area (Å²) in [6, 6.07) is 16.9. The first-order chi connectivity index (χ1) is 10.8. The minimum Gasteiger partial charge on any atom is -0.486 e. The highest BCUT2D eigenvalue weighted by molar-refractivity contribution is 7.99. The van der Waals surface area contributed by atoms with Crippen molar-refractivity contribution < 1.29 is 9.53 Å². The molecule has 0 N–H and O–H groups in total. The maximum absolute atomic E-state index is 12.5. The summed E-state index contributed by atoms with van der Waals surface area (Å²) >= 11 is 1.42. The molecule has 3 rings (SSSR count). The molecule has 0 fully saturated rings. The lowest BCUT2D eigenvalue weighted by molar-refractivity contribution is -0.122. The number of nitrogens with zero attached hydrogens (tertiary/aromatic N) is 3. The van der Waals surface area contributed by atoms with E-state index in [1.54, 1.807) is 4.68 Å². The number of ether oxygens (including phenoxy) is 1. The summed E-state index contributed by atoms with van der Waals surface area (Å²) in [5.41, 5.74) is 1.62. The van der Waals surface area contributed by atoms with Crippen LogP contribution in [0.4, 0.5) is 0 Å². The van der Waals surface area contributed by atoms with Crippen LogP contribution >= 0.6 is 11.8 Å². The van der Waals surface area contributed by atoms with E-state index in [0.717, 1.165) is 11.0 Å². The third kappa shape index (κ3) is 2.96. The molecule has 6 heteroatoms. The van der Waals surface area contributed by atoms with Crippen LogP contribution < -0.4 is 4.74 Å². The lowest BCUT2D eigenvalue weighted by Gasteiger charge is -2.14. The van der Waals surface area contributed by atoms with Gasteiger partial charge in [-0.3, -0.25) is 4.79 Å². The standard InChI is InChI=1S/C16H15N3O2S/c1-22-16(15(20)11-21-12-7-3-2-4-8-12)19-14-10-6-5-9-13(14)17-18-19/h2-10,16H,11H2,1H3. The molecule has 1 heterocycles. The van der Waals surface area contributed by atoms with Crippen LogP contribution in [0.1, 0.15) is 5.37 Å². The molecule has 1 atom stereocenters. The Bertz CT molecular complexity index is 773. The lowest BCUT2D eigenvalue weighted by atomic mass is 10.3. The number of para-hydroxylation sites is 2. The number of carbonyl (C=O) groups excluding carboxylic acids is 1. The van der Waals surface area contributed by atoms with Crippen molar-refractivity contribution in [3.63, 3.8) is 0 Å². The zero-order valence-electron chi connectivity index (χ0n) is 12.0. The molecule has 112 valence electrons. The fourth-order valence-electron chi connectivity index (χ4n) is 2.17. The van der Waals surface area contributed by atoms with Crippen LogP contribution in [0.3, 0.4) is 0 Å². The van der Waals surface area contributed by atoms with Crippen LogP contribution in [0.5, 0.6) is 5.75 Å². The van der Waals surface area contributed by atoms with Gasteiger partial charge in [0.15, 0.2) is 5.37 Å². The number of thioether (sulfide) groups is 1. The van der Waals surface area contributed by atoms with Crippen molar-refractivity contribution in [1.29, 1.82) is 0 Å². The van der Waals surface area contributed by atoms with Gasteiger partial charge in [0.05, 0.1) is 5.52 Å². The van der Waals surface area contributed by atoms with E-state index in [0.29, 0.717) is 5.75 Å². The molecule has 0 aliphatic rings. The van der Waals surface area contributed by atoms with Gasteiger partial charge in [0.2, 0.25) is 5.78 Å². The van der Waals surface area contributed by atoms with E-state index < -0.39 is 5.37 Å². The number of aromatic nitrogens is 3. The first kappa shape index (κ1) is 14.6. The second-order valence-corrected chi connectivity index (χ2v) is 5.60. The van der Waals surface area contributed by atoms with Crippen LogP contribution in [-0.4, -0.2) is 33.6 Å². The molecule has 1 unspecified atom stereocenters. The van der Waals surface area contributed by atoms with Crippen molar-refractivity contribution >= 4 is 28.6 Å². The third-order valence-electron chi connectivity index (χ3n) is 3.22. The first-order valence-corrected chi connectivity index (χ1v) is 8.11. The van der Waals surface area contributed by atoms with Crippen LogP contribution in [0.25, 0.3) is 11.0 Å². The van der Waals surface area contributed by atoms with Gasteiger partial charge in [0.25, 0.3) is 0 Å². The summed E-state index contributed by atoms with van der Waals surface area (Å²) in [6.07, 6.45) is 1.88. The predicted octanol–water partition coefficient (Wildman–Crippen LogP) is 2.94. The molecule has 0 bridgehead atoms. The van der Waals surface area contributed by atoms with E-state index >= 15 is 0 Å². The highest BCUT2D eigenvalue weighted by Gasteiger charge is 2.23. The number of Topliss-reactive ketones (excluding diaryl/α,β-unsaturated/α-hetero) is 1. The van der Waals surface area contributed by atoms with Crippen LogP contribution in [-0.2, 0) is 4.79 Å². The molecule has 0 spiro atoms. The molecule has 2 aromatic carbocycles. The maximum atomic E-state index is 12.5. The lowest BCUT2D eigenvalue weighted by Crippen LogP contribution is -2.23. The molecule has 0 saturated heterocycles. The molecule has 0 radical (unpaired) electrons. The van der Waals surface area contributed by atoms with Crippen molar-refractivity contribution in [3.8, 4) is 5.75 Å². The molecular weight excluding hydrogens is 298 g/mol. The molecule has 0 aliphatic carbocycles. The van der Waals surface area contributed by atoms with Crippen LogP contribution in [0, 0.1) is 0 Å². The zero-order chi connectivity index (χ0) is 15.4. The Morgan fingerprint density at radius 2 is 1.91 bits per heavy atom. The van der Waals surface area contributed by atoms with Gasteiger partial charge in [-0.15, -0.1) is 16.9 Å². The van der Waals surface area contributed by atoms with Gasteiger partial charge in [0, 0.05) is 0 Å². The fourth-order valence-corrected chi connectivity index (χ4v) is 2.86. The highest BCUT2D eigenvalue weighted by atomic mass is 32.2. The first-order valence-electron chi connectivity index (χ1n) is 6.83. The Hall–Kier alpha value is -2.34. The Kier molecular flexibility index (Phi) is 4.39. The molecule has 0 aliphatic heterocycles. The normalized spacial score (nSPS) is 12.2. The number of rotatable bonds is 6. The zero-order valence-corrected chi connectivity index (χ0v) is 12.9. The molecule has 0 amide bonds. The van der Waals surface area contributed by atoms with E-state index in [4.69, 9.17) is 4.74 Å². The largest absolute Gasteiger partial charge is 0.486 e. The molecular formula is C16H15N3O2S. The molecule has 3 aromatic rings. The topological polar surface area (TPSA) is 57.0 Å². The summed E-state index contributed by atoms with van der Waals surface area (Å²) in [7, 11) is 0. The Labute approximate surface area is 132 Å². The molecule has 5 nitrogen and oxygen atoms in total. The van der Waals surface area contributed by atoms with Gasteiger partial charge < -0.3 is 4.74 Å². The van der Waals surface area contributed by atoms with Gasteiger partial charge in [-0.05, 0) is 30.5 Å². The van der Waals surface area contributed by atoms with Crippen molar-refractivity contribution in [2.24, 2.45) is 0 Å². The number of fused-ring (bicyclic) bond motifs is 1. The van der Waals surface area contributed by atoms with Gasteiger partial charge in [-0.2, -0.15) is 0 Å². The summed E-state index contributed by atoms with van der Waals surface area (Å²) < 4.78 is 7.19. The van der Waals surface area contributed by atoms with E-state index in [-0.39, 0.29) is 12.4 Å². The second kappa shape index (κ2) is 6.62. The van der Waals surface area contributed by atoms with Crippen molar-refractivity contribution in [2.45, 2.75) is 5.37 Å². The monoisotopic (exact) mass is 313 g/mol. The average Bonchev–Trinajstić information content (AvgIpc) is 2.99. The van der Waals surface area contributed by atoms with Crippen molar-refractivity contribution in [3.05, 3.63) is 54.6 Å². The van der Waals surface area contributed by atoms with Crippen molar-refractivity contribution in [1.82, 2.24) is 15.0 Å². The fraction of sp³-hybridized carbons (Fsp3) is 0.188. The minimum absolute atomic E-state index is 0.00368. The molecule has 22 heavy (non-hydrogen) atoms. The number of carbonyl (C=O) groups is 1. The molecule has 0 saturated carbocycles. The SMILES string of the molecule is CSC(C(=O)COc1ccccc1)n1nnc2ccccc21. The third-order valence-corrected chi connectivity index (χ3v) is 4.13. The van der Waals surface area contributed by atoms with Gasteiger partial charge in [-0.25, -0.2) is 4.68 Å². The summed E-state index contributed by atoms with van der Waals surface area (Å²) in [5, 5.41) is 7.76. The molecule has 1 aromatic heterocycles. The van der Waals surface area contributed by atoms with Gasteiger partial charge in [0.1, 0.15) is 17.9 Å². The van der Waals surface area contributed by atoms with Crippen LogP contribution in [0.15, 0.2) is 54.6 Å². The smallest absolute Gasteiger partial charge is 0.204 e. The predicted molar refractivity (Wildman–Crippen MR) is 87.0 cm³/mol. The van der Waals surface area contributed by atoms with Crippen molar-refractivity contribution in [2.75, 3.05) is 12.9 Å². The Morgan fingerprint density at radius 3 is 2.68 bits per heavy atom. The van der Waals surface area contributed by atoms with E-state index in [9.17, 15) is 4.79 Å². The van der Waals surface area contributed by atoms with E-state index in [1.807, 2.05) is 60.9 Å². The summed E-state index contributed by atoms with van der Waals surface area (Å²) in [6.45, 7) is 0.00368.